The summed E-state index contributed by atoms with van der Waals surface area (Å²) in [4.78, 5) is 10.2. The van der Waals surface area contributed by atoms with Crippen LogP contribution in [0.25, 0.3) is 55.1 Å². The quantitative estimate of drug-likeness (QED) is 0.183. The highest BCUT2D eigenvalue weighted by Crippen LogP contribution is 2.38. The first-order valence-electron chi connectivity index (χ1n) is 13.4. The lowest BCUT2D eigenvalue weighted by atomic mass is 9.78. The van der Waals surface area contributed by atoms with E-state index < -0.39 is 7.12 Å². The van der Waals surface area contributed by atoms with Gasteiger partial charge in [-0.2, -0.15) is 0 Å². The Hall–Kier alpha value is -4.06. The van der Waals surface area contributed by atoms with Gasteiger partial charge in [0.1, 0.15) is 0 Å². The monoisotopic (exact) mass is 508 g/mol. The van der Waals surface area contributed by atoms with Crippen LogP contribution in [-0.2, 0) is 9.31 Å². The molecule has 0 atom stereocenters. The highest BCUT2D eigenvalue weighted by molar-refractivity contribution is 6.62. The van der Waals surface area contributed by atoms with Crippen LogP contribution in [0.3, 0.4) is 0 Å². The Bertz CT molecular complexity index is 1860. The molecule has 0 N–H and O–H groups in total. The molecule has 0 aliphatic carbocycles. The van der Waals surface area contributed by atoms with E-state index in [1.807, 2.05) is 12.1 Å². The SMILES string of the molecule is CC1(C)OB(c2ccc(-c3nc(-c4cc5ccccc5c5ccccc45)nc4ccccc34)cc2)OC1(C)C. The summed E-state index contributed by atoms with van der Waals surface area (Å²) in [5, 5.41) is 5.78. The predicted molar refractivity (Wildman–Crippen MR) is 161 cm³/mol. The Kier molecular flexibility index (Phi) is 5.38. The van der Waals surface area contributed by atoms with Crippen LogP contribution in [0.4, 0.5) is 0 Å². The van der Waals surface area contributed by atoms with Gasteiger partial charge >= 0.3 is 7.12 Å². The smallest absolute Gasteiger partial charge is 0.399 e. The first-order chi connectivity index (χ1) is 18.8. The van der Waals surface area contributed by atoms with E-state index in [9.17, 15) is 0 Å². The number of hydrogen-bond donors (Lipinski definition) is 0. The normalized spacial score (nSPS) is 16.4. The lowest BCUT2D eigenvalue weighted by Gasteiger charge is -2.32. The molecule has 0 spiro atoms. The van der Waals surface area contributed by atoms with E-state index in [-0.39, 0.29) is 11.2 Å². The Morgan fingerprint density at radius 3 is 1.90 bits per heavy atom. The number of hydrogen-bond acceptors (Lipinski definition) is 4. The minimum absolute atomic E-state index is 0.378. The molecular formula is C34H29BN2O2. The fourth-order valence-electron chi connectivity index (χ4n) is 5.43. The summed E-state index contributed by atoms with van der Waals surface area (Å²) < 4.78 is 12.5. The average molecular weight is 508 g/mol. The Morgan fingerprint density at radius 2 is 1.18 bits per heavy atom. The molecule has 0 radical (unpaired) electrons. The third-order valence-electron chi connectivity index (χ3n) is 8.32. The Balaban J connectivity index is 1.38. The van der Waals surface area contributed by atoms with Gasteiger partial charge in [0.05, 0.1) is 22.4 Å². The van der Waals surface area contributed by atoms with E-state index in [4.69, 9.17) is 19.3 Å². The van der Waals surface area contributed by atoms with Gasteiger partial charge in [-0.15, -0.1) is 0 Å². The molecule has 7 rings (SSSR count). The van der Waals surface area contributed by atoms with Gasteiger partial charge in [-0.25, -0.2) is 9.97 Å². The first kappa shape index (κ1) is 24.0. The lowest BCUT2D eigenvalue weighted by molar-refractivity contribution is 0.00578. The highest BCUT2D eigenvalue weighted by Gasteiger charge is 2.51. The van der Waals surface area contributed by atoms with Gasteiger partial charge in [0, 0.05) is 16.5 Å². The number of nitrogens with zero attached hydrogens (tertiary/aromatic N) is 2. The third-order valence-corrected chi connectivity index (χ3v) is 8.32. The molecule has 190 valence electrons. The summed E-state index contributed by atoms with van der Waals surface area (Å²) in [5.41, 5.74) is 4.13. The van der Waals surface area contributed by atoms with Crippen LogP contribution in [0.15, 0.2) is 103 Å². The minimum Gasteiger partial charge on any atom is -0.399 e. The second-order valence-electron chi connectivity index (χ2n) is 11.3. The van der Waals surface area contributed by atoms with Crippen LogP contribution >= 0.6 is 0 Å². The van der Waals surface area contributed by atoms with Gasteiger partial charge in [0.2, 0.25) is 0 Å². The summed E-state index contributed by atoms with van der Waals surface area (Å²) in [6, 6.07) is 35.8. The van der Waals surface area contributed by atoms with Crippen LogP contribution in [0.2, 0.25) is 0 Å². The molecule has 1 aliphatic rings. The van der Waals surface area contributed by atoms with Crippen molar-refractivity contribution in [2.24, 2.45) is 0 Å². The molecule has 1 aliphatic heterocycles. The number of aromatic nitrogens is 2. The fourth-order valence-corrected chi connectivity index (χ4v) is 5.43. The lowest BCUT2D eigenvalue weighted by Crippen LogP contribution is -2.41. The number of benzene rings is 5. The largest absolute Gasteiger partial charge is 0.494 e. The molecule has 39 heavy (non-hydrogen) atoms. The molecule has 0 amide bonds. The van der Waals surface area contributed by atoms with Crippen molar-refractivity contribution in [1.82, 2.24) is 9.97 Å². The van der Waals surface area contributed by atoms with Gasteiger partial charge in [-0.05, 0) is 66.8 Å². The highest BCUT2D eigenvalue weighted by atomic mass is 16.7. The van der Waals surface area contributed by atoms with Gasteiger partial charge in [-0.1, -0.05) is 91.0 Å². The zero-order valence-corrected chi connectivity index (χ0v) is 22.6. The van der Waals surface area contributed by atoms with Crippen molar-refractivity contribution in [3.8, 4) is 22.6 Å². The van der Waals surface area contributed by atoms with Crippen molar-refractivity contribution >= 4 is 45.0 Å². The van der Waals surface area contributed by atoms with Crippen LogP contribution < -0.4 is 5.46 Å². The van der Waals surface area contributed by atoms with Crippen molar-refractivity contribution in [1.29, 1.82) is 0 Å². The van der Waals surface area contributed by atoms with Crippen LogP contribution in [0.5, 0.6) is 0 Å². The molecule has 1 aromatic heterocycles. The third kappa shape index (κ3) is 3.92. The molecule has 4 nitrogen and oxygen atoms in total. The maximum absolute atomic E-state index is 6.27. The number of fused-ring (bicyclic) bond motifs is 4. The van der Waals surface area contributed by atoms with E-state index in [0.717, 1.165) is 44.4 Å². The van der Waals surface area contributed by atoms with Crippen molar-refractivity contribution in [3.05, 3.63) is 103 Å². The molecule has 0 saturated carbocycles. The molecular weight excluding hydrogens is 479 g/mol. The molecule has 6 aromatic rings. The van der Waals surface area contributed by atoms with Gasteiger partial charge in [0.15, 0.2) is 5.82 Å². The molecule has 2 heterocycles. The second-order valence-corrected chi connectivity index (χ2v) is 11.3. The van der Waals surface area contributed by atoms with Crippen molar-refractivity contribution < 1.29 is 9.31 Å². The van der Waals surface area contributed by atoms with Crippen LogP contribution in [0, 0.1) is 0 Å². The summed E-state index contributed by atoms with van der Waals surface area (Å²) in [5.74, 6) is 0.723. The number of para-hydroxylation sites is 1. The predicted octanol–water partition coefficient (Wildman–Crippen LogP) is 7.57. The first-order valence-corrected chi connectivity index (χ1v) is 13.4. The summed E-state index contributed by atoms with van der Waals surface area (Å²) >= 11 is 0. The summed E-state index contributed by atoms with van der Waals surface area (Å²) in [6.07, 6.45) is 0. The van der Waals surface area contributed by atoms with Gasteiger partial charge in [-0.3, -0.25) is 0 Å². The fraction of sp³-hybridized carbons (Fsp3) is 0.176. The molecule has 0 bridgehead atoms. The minimum atomic E-state index is -0.397. The van der Waals surface area contributed by atoms with E-state index in [2.05, 4.69) is 119 Å². The Labute approximate surface area is 228 Å². The van der Waals surface area contributed by atoms with Gasteiger partial charge in [0.25, 0.3) is 0 Å². The topological polar surface area (TPSA) is 44.2 Å². The molecule has 5 aromatic carbocycles. The molecule has 1 saturated heterocycles. The zero-order chi connectivity index (χ0) is 26.8. The molecule has 0 unspecified atom stereocenters. The maximum Gasteiger partial charge on any atom is 0.494 e. The standard InChI is InChI=1S/C34H29BN2O2/c1-33(2)34(3,4)39-35(38-33)24-19-17-22(18-20-24)31-28-15-9-10-16-30(28)36-32(37-31)29-21-23-11-5-6-12-25(23)26-13-7-8-14-27(26)29/h5-21H,1-4H3. The van der Waals surface area contributed by atoms with E-state index in [0.29, 0.717) is 0 Å². The van der Waals surface area contributed by atoms with E-state index >= 15 is 0 Å². The van der Waals surface area contributed by atoms with Crippen molar-refractivity contribution in [2.45, 2.75) is 38.9 Å². The van der Waals surface area contributed by atoms with Crippen LogP contribution in [-0.4, -0.2) is 28.3 Å². The Morgan fingerprint density at radius 1 is 0.590 bits per heavy atom. The van der Waals surface area contributed by atoms with Crippen molar-refractivity contribution in [3.63, 3.8) is 0 Å². The number of rotatable bonds is 3. The average Bonchev–Trinajstić information content (AvgIpc) is 3.18. The van der Waals surface area contributed by atoms with E-state index in [1.165, 1.54) is 16.2 Å². The maximum atomic E-state index is 6.27. The molecule has 1 fully saturated rings. The summed E-state index contributed by atoms with van der Waals surface area (Å²) in [7, 11) is -0.397. The second kappa shape index (κ2) is 8.73. The molecule has 5 heteroatoms. The van der Waals surface area contributed by atoms with Gasteiger partial charge < -0.3 is 9.31 Å². The zero-order valence-electron chi connectivity index (χ0n) is 22.6. The summed E-state index contributed by atoms with van der Waals surface area (Å²) in [6.45, 7) is 8.30. The van der Waals surface area contributed by atoms with Crippen molar-refractivity contribution in [2.75, 3.05) is 0 Å². The van der Waals surface area contributed by atoms with Crippen LogP contribution in [0.1, 0.15) is 27.7 Å². The van der Waals surface area contributed by atoms with E-state index in [1.54, 1.807) is 0 Å².